The monoisotopic (exact) mass is 331 g/mol. The van der Waals surface area contributed by atoms with Gasteiger partial charge in [-0.05, 0) is 39.3 Å². The highest BCUT2D eigenvalue weighted by Crippen LogP contribution is 2.25. The van der Waals surface area contributed by atoms with Crippen molar-refractivity contribution in [2.24, 2.45) is 0 Å². The van der Waals surface area contributed by atoms with Gasteiger partial charge in [-0.15, -0.1) is 0 Å². The quantitative estimate of drug-likeness (QED) is 0.878. The van der Waals surface area contributed by atoms with Gasteiger partial charge >= 0.3 is 6.03 Å². The minimum Gasteiger partial charge on any atom is -0.361 e. The highest BCUT2D eigenvalue weighted by molar-refractivity contribution is 5.92. The van der Waals surface area contributed by atoms with E-state index in [1.54, 1.807) is 0 Å². The Morgan fingerprint density at radius 1 is 1.29 bits per heavy atom. The number of nitrogens with zero attached hydrogens (tertiary/aromatic N) is 3. The lowest BCUT2D eigenvalue weighted by atomic mass is 10.0. The first kappa shape index (κ1) is 17.8. The maximum atomic E-state index is 12.4. The molecule has 2 aromatic heterocycles. The molecular formula is C17H25N5O2. The Hall–Kier alpha value is -2.57. The van der Waals surface area contributed by atoms with Gasteiger partial charge in [-0.25, -0.2) is 9.78 Å². The Morgan fingerprint density at radius 2 is 2.00 bits per heavy atom. The van der Waals surface area contributed by atoms with Gasteiger partial charge in [-0.3, -0.25) is 0 Å². The van der Waals surface area contributed by atoms with Crippen molar-refractivity contribution in [1.29, 1.82) is 0 Å². The SMILES string of the molecule is CC[C@H](NC(=O)Nc1ccc(C)nc1N(C)C)c1c(C)noc1C. The summed E-state index contributed by atoms with van der Waals surface area (Å²) in [6.07, 6.45) is 0.739. The van der Waals surface area contributed by atoms with Crippen molar-refractivity contribution in [3.05, 3.63) is 34.8 Å². The lowest BCUT2D eigenvalue weighted by Crippen LogP contribution is -2.33. The Kier molecular flexibility index (Phi) is 5.43. The van der Waals surface area contributed by atoms with Crippen LogP contribution in [0.4, 0.5) is 16.3 Å². The number of carbonyl (C=O) groups is 1. The normalized spacial score (nSPS) is 11.9. The summed E-state index contributed by atoms with van der Waals surface area (Å²) < 4.78 is 5.20. The highest BCUT2D eigenvalue weighted by Gasteiger charge is 2.21. The maximum Gasteiger partial charge on any atom is 0.319 e. The second kappa shape index (κ2) is 7.33. The van der Waals surface area contributed by atoms with E-state index in [9.17, 15) is 4.79 Å². The van der Waals surface area contributed by atoms with Crippen LogP contribution in [0.25, 0.3) is 0 Å². The molecule has 0 unspecified atom stereocenters. The topological polar surface area (TPSA) is 83.3 Å². The number of amides is 2. The number of hydrogen-bond acceptors (Lipinski definition) is 5. The smallest absolute Gasteiger partial charge is 0.319 e. The fourth-order valence-corrected chi connectivity index (χ4v) is 2.66. The number of hydrogen-bond donors (Lipinski definition) is 2. The molecule has 24 heavy (non-hydrogen) atoms. The van der Waals surface area contributed by atoms with E-state index in [-0.39, 0.29) is 12.1 Å². The van der Waals surface area contributed by atoms with Gasteiger partial charge in [0.05, 0.1) is 17.4 Å². The van der Waals surface area contributed by atoms with Gasteiger partial charge in [0.25, 0.3) is 0 Å². The number of aromatic nitrogens is 2. The number of carbonyl (C=O) groups excluding carboxylic acids is 1. The molecule has 1 atom stereocenters. The molecule has 2 rings (SSSR count). The summed E-state index contributed by atoms with van der Waals surface area (Å²) in [6, 6.07) is 3.29. The number of rotatable bonds is 5. The number of pyridine rings is 1. The molecule has 0 radical (unpaired) electrons. The van der Waals surface area contributed by atoms with E-state index in [2.05, 4.69) is 20.8 Å². The predicted molar refractivity (Wildman–Crippen MR) is 94.5 cm³/mol. The van der Waals surface area contributed by atoms with E-state index in [4.69, 9.17) is 4.52 Å². The summed E-state index contributed by atoms with van der Waals surface area (Å²) in [4.78, 5) is 18.8. The molecular weight excluding hydrogens is 306 g/mol. The summed E-state index contributed by atoms with van der Waals surface area (Å²) in [6.45, 7) is 7.66. The first-order chi connectivity index (χ1) is 11.3. The highest BCUT2D eigenvalue weighted by atomic mass is 16.5. The van der Waals surface area contributed by atoms with Gasteiger partial charge in [0, 0.05) is 25.4 Å². The van der Waals surface area contributed by atoms with Crippen LogP contribution in [0, 0.1) is 20.8 Å². The molecule has 0 fully saturated rings. The minimum absolute atomic E-state index is 0.155. The molecule has 0 bridgehead atoms. The molecule has 0 aliphatic carbocycles. The fraction of sp³-hybridized carbons (Fsp3) is 0.471. The first-order valence-corrected chi connectivity index (χ1v) is 7.98. The summed E-state index contributed by atoms with van der Waals surface area (Å²) in [7, 11) is 3.78. The lowest BCUT2D eigenvalue weighted by molar-refractivity contribution is 0.248. The van der Waals surface area contributed by atoms with Crippen molar-refractivity contribution >= 4 is 17.5 Å². The zero-order chi connectivity index (χ0) is 17.9. The number of urea groups is 1. The van der Waals surface area contributed by atoms with Crippen LogP contribution in [0.3, 0.4) is 0 Å². The molecule has 7 nitrogen and oxygen atoms in total. The van der Waals surface area contributed by atoms with Gasteiger partial charge in [-0.2, -0.15) is 0 Å². The molecule has 0 aromatic carbocycles. The maximum absolute atomic E-state index is 12.4. The van der Waals surface area contributed by atoms with Crippen LogP contribution >= 0.6 is 0 Å². The molecule has 7 heteroatoms. The van der Waals surface area contributed by atoms with E-state index < -0.39 is 0 Å². The molecule has 2 aromatic rings. The van der Waals surface area contributed by atoms with Crippen molar-refractivity contribution in [3.63, 3.8) is 0 Å². The van der Waals surface area contributed by atoms with Gasteiger partial charge in [0.2, 0.25) is 0 Å². The van der Waals surface area contributed by atoms with E-state index in [0.29, 0.717) is 5.69 Å². The average molecular weight is 331 g/mol. The Balaban J connectivity index is 2.16. The molecule has 0 saturated heterocycles. The molecule has 2 heterocycles. The summed E-state index contributed by atoms with van der Waals surface area (Å²) in [5, 5.41) is 9.82. The predicted octanol–water partition coefficient (Wildman–Crippen LogP) is 3.33. The van der Waals surface area contributed by atoms with Crippen LogP contribution in [0.2, 0.25) is 0 Å². The lowest BCUT2D eigenvalue weighted by Gasteiger charge is -2.20. The second-order valence-electron chi connectivity index (χ2n) is 6.02. The fourth-order valence-electron chi connectivity index (χ4n) is 2.66. The Morgan fingerprint density at radius 3 is 2.54 bits per heavy atom. The van der Waals surface area contributed by atoms with Crippen LogP contribution in [0.5, 0.6) is 0 Å². The van der Waals surface area contributed by atoms with Gasteiger partial charge in [0.1, 0.15) is 5.76 Å². The first-order valence-electron chi connectivity index (χ1n) is 7.98. The van der Waals surface area contributed by atoms with Crippen molar-refractivity contribution in [2.45, 2.75) is 40.2 Å². The van der Waals surface area contributed by atoms with Crippen LogP contribution in [-0.2, 0) is 0 Å². The van der Waals surface area contributed by atoms with Crippen molar-refractivity contribution < 1.29 is 9.32 Å². The molecule has 2 amide bonds. The van der Waals surface area contributed by atoms with E-state index >= 15 is 0 Å². The Labute approximate surface area is 142 Å². The van der Waals surface area contributed by atoms with Crippen molar-refractivity contribution in [1.82, 2.24) is 15.5 Å². The number of aryl methyl sites for hydroxylation is 3. The van der Waals surface area contributed by atoms with Crippen LogP contribution in [-0.4, -0.2) is 30.3 Å². The standard InChI is InChI=1S/C17H25N5O2/c1-7-13(15-11(3)21-24-12(15)4)19-17(23)20-14-9-8-10(2)18-16(14)22(5)6/h8-9,13H,7H2,1-6H3,(H2,19,20,23)/t13-/m0/s1. The molecule has 130 valence electrons. The average Bonchev–Trinajstić information content (AvgIpc) is 2.85. The van der Waals surface area contributed by atoms with Crippen LogP contribution in [0.15, 0.2) is 16.7 Å². The van der Waals surface area contributed by atoms with Crippen molar-refractivity contribution in [3.8, 4) is 0 Å². The van der Waals surface area contributed by atoms with E-state index in [1.807, 2.05) is 58.8 Å². The summed E-state index contributed by atoms with van der Waals surface area (Å²) >= 11 is 0. The molecule has 0 aliphatic rings. The zero-order valence-corrected chi connectivity index (χ0v) is 15.1. The minimum atomic E-state index is -0.282. The second-order valence-corrected chi connectivity index (χ2v) is 6.02. The van der Waals surface area contributed by atoms with Crippen LogP contribution < -0.4 is 15.5 Å². The van der Waals surface area contributed by atoms with Crippen molar-refractivity contribution in [2.75, 3.05) is 24.3 Å². The summed E-state index contributed by atoms with van der Waals surface area (Å²) in [5.41, 5.74) is 3.29. The van der Waals surface area contributed by atoms with E-state index in [0.717, 1.165) is 35.0 Å². The van der Waals surface area contributed by atoms with Crippen LogP contribution in [0.1, 0.15) is 42.1 Å². The molecule has 0 saturated carbocycles. The number of anilines is 2. The van der Waals surface area contributed by atoms with Gasteiger partial charge in [0.15, 0.2) is 5.82 Å². The number of nitrogens with one attached hydrogen (secondary N) is 2. The third-order valence-corrected chi connectivity index (χ3v) is 3.84. The van der Waals surface area contributed by atoms with Gasteiger partial charge in [-0.1, -0.05) is 12.1 Å². The van der Waals surface area contributed by atoms with E-state index in [1.165, 1.54) is 0 Å². The van der Waals surface area contributed by atoms with Gasteiger partial charge < -0.3 is 20.1 Å². The third kappa shape index (κ3) is 3.84. The molecule has 0 aliphatic heterocycles. The Bertz CT molecular complexity index is 704. The summed E-state index contributed by atoms with van der Waals surface area (Å²) in [5.74, 6) is 1.45. The molecule has 2 N–H and O–H groups in total. The third-order valence-electron chi connectivity index (χ3n) is 3.84. The largest absolute Gasteiger partial charge is 0.361 e. The zero-order valence-electron chi connectivity index (χ0n) is 15.1. The molecule has 0 spiro atoms.